The molecule has 3 heterocycles. The van der Waals surface area contributed by atoms with Crippen LogP contribution in [0.4, 0.5) is 0 Å². The maximum Gasteiger partial charge on any atom is 0.228 e. The Hall–Kier alpha value is -2.60. The van der Waals surface area contributed by atoms with Crippen molar-refractivity contribution in [3.63, 3.8) is 0 Å². The minimum Gasteiger partial charge on any atom is -0.497 e. The largest absolute Gasteiger partial charge is 0.497 e. The first-order valence-corrected chi connectivity index (χ1v) is 9.12. The van der Waals surface area contributed by atoms with Gasteiger partial charge in [0, 0.05) is 30.9 Å². The van der Waals surface area contributed by atoms with E-state index in [0.29, 0.717) is 13.0 Å². The molecule has 1 amide bonds. The molecular formula is C19H19N3O2S. The van der Waals surface area contributed by atoms with Crippen molar-refractivity contribution in [2.75, 3.05) is 13.7 Å². The lowest BCUT2D eigenvalue weighted by atomic mass is 9.99. The number of carbonyl (C=O) groups excluding carboxylic acids is 1. The van der Waals surface area contributed by atoms with E-state index in [-0.39, 0.29) is 5.91 Å². The van der Waals surface area contributed by atoms with Gasteiger partial charge in [0.2, 0.25) is 5.91 Å². The Morgan fingerprint density at radius 2 is 2.12 bits per heavy atom. The molecule has 25 heavy (non-hydrogen) atoms. The van der Waals surface area contributed by atoms with Gasteiger partial charge >= 0.3 is 0 Å². The molecule has 0 fully saturated rings. The molecule has 0 unspecified atom stereocenters. The number of benzene rings is 1. The first-order chi connectivity index (χ1) is 12.2. The molecule has 1 aromatic carbocycles. The van der Waals surface area contributed by atoms with E-state index in [9.17, 15) is 4.79 Å². The fourth-order valence-corrected chi connectivity index (χ4v) is 3.88. The van der Waals surface area contributed by atoms with Crippen LogP contribution in [0, 0.1) is 0 Å². The standard InChI is InChI=1S/C19H19N3O2S/c1-24-17-5-4-15-12-22(9-6-14(15)10-17)18(23)11-16-13-25-19(20-16)21-7-2-3-8-21/h2-5,7-8,10,13H,6,9,11-12H2,1H3. The minimum absolute atomic E-state index is 0.130. The van der Waals surface area contributed by atoms with Gasteiger partial charge in [-0.3, -0.25) is 4.79 Å². The molecule has 0 bridgehead atoms. The zero-order chi connectivity index (χ0) is 17.2. The van der Waals surface area contributed by atoms with Crippen molar-refractivity contribution >= 4 is 17.2 Å². The molecule has 3 aromatic rings. The average Bonchev–Trinajstić information content (AvgIpc) is 3.32. The molecule has 0 atom stereocenters. The highest BCUT2D eigenvalue weighted by molar-refractivity contribution is 7.12. The van der Waals surface area contributed by atoms with Crippen molar-refractivity contribution in [3.05, 3.63) is 64.9 Å². The van der Waals surface area contributed by atoms with E-state index in [1.165, 1.54) is 11.1 Å². The van der Waals surface area contributed by atoms with Gasteiger partial charge in [-0.2, -0.15) is 0 Å². The summed E-state index contributed by atoms with van der Waals surface area (Å²) in [5, 5.41) is 2.86. The van der Waals surface area contributed by atoms with E-state index < -0.39 is 0 Å². The molecule has 0 N–H and O–H groups in total. The van der Waals surface area contributed by atoms with E-state index in [1.54, 1.807) is 18.4 Å². The smallest absolute Gasteiger partial charge is 0.228 e. The quantitative estimate of drug-likeness (QED) is 0.724. The summed E-state index contributed by atoms with van der Waals surface area (Å²) in [7, 11) is 1.68. The third kappa shape index (κ3) is 3.30. The van der Waals surface area contributed by atoms with Crippen LogP contribution in [-0.2, 0) is 24.2 Å². The highest BCUT2D eigenvalue weighted by atomic mass is 32.1. The molecule has 2 aromatic heterocycles. The highest BCUT2D eigenvalue weighted by Gasteiger charge is 2.22. The third-order valence-corrected chi connectivity index (χ3v) is 5.38. The van der Waals surface area contributed by atoms with Gasteiger partial charge in [-0.1, -0.05) is 6.07 Å². The van der Waals surface area contributed by atoms with Gasteiger partial charge in [0.05, 0.1) is 19.2 Å². The fourth-order valence-electron chi connectivity index (χ4n) is 3.09. The molecule has 0 aliphatic carbocycles. The second kappa shape index (κ2) is 6.72. The Bertz CT molecular complexity index is 886. The van der Waals surface area contributed by atoms with Crippen LogP contribution in [0.5, 0.6) is 5.75 Å². The number of rotatable bonds is 4. The molecule has 0 radical (unpaired) electrons. The van der Waals surface area contributed by atoms with E-state index in [0.717, 1.165) is 29.5 Å². The number of fused-ring (bicyclic) bond motifs is 1. The molecule has 0 spiro atoms. The number of nitrogens with zero attached hydrogens (tertiary/aromatic N) is 3. The molecule has 0 saturated carbocycles. The van der Waals surface area contributed by atoms with Gasteiger partial charge in [-0.15, -0.1) is 11.3 Å². The van der Waals surface area contributed by atoms with Crippen LogP contribution in [0.1, 0.15) is 16.8 Å². The molecule has 5 nitrogen and oxygen atoms in total. The van der Waals surface area contributed by atoms with Gasteiger partial charge < -0.3 is 14.2 Å². The van der Waals surface area contributed by atoms with Crippen molar-refractivity contribution < 1.29 is 9.53 Å². The van der Waals surface area contributed by atoms with Crippen LogP contribution in [0.25, 0.3) is 5.13 Å². The van der Waals surface area contributed by atoms with Gasteiger partial charge in [0.25, 0.3) is 0 Å². The predicted molar refractivity (Wildman–Crippen MR) is 97.3 cm³/mol. The molecule has 1 aliphatic rings. The molecule has 0 saturated heterocycles. The summed E-state index contributed by atoms with van der Waals surface area (Å²) in [6.07, 6.45) is 5.13. The van der Waals surface area contributed by atoms with Crippen LogP contribution in [0.2, 0.25) is 0 Å². The lowest BCUT2D eigenvalue weighted by molar-refractivity contribution is -0.131. The normalized spacial score (nSPS) is 13.6. The molecule has 128 valence electrons. The lowest BCUT2D eigenvalue weighted by Crippen LogP contribution is -2.37. The number of aromatic nitrogens is 2. The lowest BCUT2D eigenvalue weighted by Gasteiger charge is -2.29. The van der Waals surface area contributed by atoms with Crippen LogP contribution >= 0.6 is 11.3 Å². The van der Waals surface area contributed by atoms with Crippen LogP contribution < -0.4 is 4.74 Å². The zero-order valence-corrected chi connectivity index (χ0v) is 14.8. The summed E-state index contributed by atoms with van der Waals surface area (Å²) in [5.41, 5.74) is 3.30. The Morgan fingerprint density at radius 3 is 2.92 bits per heavy atom. The van der Waals surface area contributed by atoms with Crippen molar-refractivity contribution in [1.82, 2.24) is 14.5 Å². The fraction of sp³-hybridized carbons (Fsp3) is 0.263. The second-order valence-corrected chi connectivity index (χ2v) is 6.92. The topological polar surface area (TPSA) is 47.4 Å². The summed E-state index contributed by atoms with van der Waals surface area (Å²) in [6, 6.07) is 10.0. The van der Waals surface area contributed by atoms with E-state index >= 15 is 0 Å². The predicted octanol–water partition coefficient (Wildman–Crippen LogP) is 3.07. The number of carbonyl (C=O) groups is 1. The summed E-state index contributed by atoms with van der Waals surface area (Å²) >= 11 is 1.56. The maximum atomic E-state index is 12.7. The number of amides is 1. The summed E-state index contributed by atoms with van der Waals surface area (Å²) in [4.78, 5) is 19.1. The average molecular weight is 353 g/mol. The number of hydrogen-bond donors (Lipinski definition) is 0. The van der Waals surface area contributed by atoms with Gasteiger partial charge in [0.1, 0.15) is 5.75 Å². The highest BCUT2D eigenvalue weighted by Crippen LogP contribution is 2.24. The molecule has 1 aliphatic heterocycles. The second-order valence-electron chi connectivity index (χ2n) is 6.09. The van der Waals surface area contributed by atoms with Gasteiger partial charge in [-0.25, -0.2) is 4.98 Å². The van der Waals surface area contributed by atoms with Crippen molar-refractivity contribution in [2.24, 2.45) is 0 Å². The van der Waals surface area contributed by atoms with E-state index in [2.05, 4.69) is 17.1 Å². The zero-order valence-electron chi connectivity index (χ0n) is 14.0. The number of methoxy groups -OCH3 is 1. The number of ether oxygens (including phenoxy) is 1. The first kappa shape index (κ1) is 15.9. The summed E-state index contributed by atoms with van der Waals surface area (Å²) in [6.45, 7) is 1.40. The Kier molecular flexibility index (Phi) is 4.28. The molecule has 4 rings (SSSR count). The van der Waals surface area contributed by atoms with Crippen molar-refractivity contribution in [1.29, 1.82) is 0 Å². The number of hydrogen-bond acceptors (Lipinski definition) is 4. The SMILES string of the molecule is COc1ccc2c(c1)CCN(C(=O)Cc1csc(-n3cccc3)n1)C2. The van der Waals surface area contributed by atoms with Gasteiger partial charge in [0.15, 0.2) is 5.13 Å². The Morgan fingerprint density at radius 1 is 1.28 bits per heavy atom. The third-order valence-electron chi connectivity index (χ3n) is 4.48. The molecular weight excluding hydrogens is 334 g/mol. The van der Waals surface area contributed by atoms with E-state index in [1.807, 2.05) is 45.4 Å². The number of thiazole rings is 1. The Labute approximate surface area is 150 Å². The molecule has 6 heteroatoms. The maximum absolute atomic E-state index is 12.7. The minimum atomic E-state index is 0.130. The summed E-state index contributed by atoms with van der Waals surface area (Å²) < 4.78 is 7.24. The summed E-state index contributed by atoms with van der Waals surface area (Å²) in [5.74, 6) is 1.00. The van der Waals surface area contributed by atoms with Crippen LogP contribution in [-0.4, -0.2) is 34.0 Å². The van der Waals surface area contributed by atoms with Gasteiger partial charge in [-0.05, 0) is 41.8 Å². The van der Waals surface area contributed by atoms with Crippen LogP contribution in [0.3, 0.4) is 0 Å². The Balaban J connectivity index is 1.43. The van der Waals surface area contributed by atoms with Crippen LogP contribution in [0.15, 0.2) is 48.1 Å². The van der Waals surface area contributed by atoms with Crippen molar-refractivity contribution in [3.8, 4) is 10.9 Å². The monoisotopic (exact) mass is 353 g/mol. The van der Waals surface area contributed by atoms with E-state index in [4.69, 9.17) is 4.74 Å². The van der Waals surface area contributed by atoms with Crippen molar-refractivity contribution in [2.45, 2.75) is 19.4 Å². The first-order valence-electron chi connectivity index (χ1n) is 8.24.